The van der Waals surface area contributed by atoms with E-state index in [1.54, 1.807) is 36.4 Å². The number of nitrogens with two attached hydrogens (primary N) is 1. The van der Waals surface area contributed by atoms with Gasteiger partial charge in [0, 0.05) is 12.1 Å². The third-order valence-corrected chi connectivity index (χ3v) is 4.12. The second-order valence-corrected chi connectivity index (χ2v) is 7.12. The second-order valence-electron chi connectivity index (χ2n) is 5.56. The van der Waals surface area contributed by atoms with Gasteiger partial charge in [-0.2, -0.15) is 0 Å². The molecule has 0 bridgehead atoms. The van der Waals surface area contributed by atoms with Crippen LogP contribution >= 0.6 is 0 Å². The van der Waals surface area contributed by atoms with Gasteiger partial charge in [-0.25, -0.2) is 13.6 Å². The van der Waals surface area contributed by atoms with Gasteiger partial charge >= 0.3 is 0 Å². The molecule has 1 amide bonds. The van der Waals surface area contributed by atoms with Crippen molar-refractivity contribution in [2.45, 2.75) is 31.4 Å². The zero-order valence-electron chi connectivity index (χ0n) is 13.5. The quantitative estimate of drug-likeness (QED) is 0.834. The molecule has 24 heavy (non-hydrogen) atoms. The molecule has 6 nitrogen and oxygen atoms in total. The van der Waals surface area contributed by atoms with Gasteiger partial charge in [0.15, 0.2) is 0 Å². The topological polar surface area (TPSA) is 98.5 Å². The molecule has 2 aromatic carbocycles. The highest BCUT2D eigenvalue weighted by Gasteiger charge is 2.08. The summed E-state index contributed by atoms with van der Waals surface area (Å²) in [5, 5.41) is 7.81. The van der Waals surface area contributed by atoms with E-state index in [4.69, 9.17) is 9.88 Å². The van der Waals surface area contributed by atoms with Crippen LogP contribution in [0, 0.1) is 0 Å². The number of ether oxygens (including phenoxy) is 1. The Bertz CT molecular complexity index is 797. The molecular weight excluding hydrogens is 328 g/mol. The molecule has 0 aliphatic carbocycles. The number of nitrogens with one attached hydrogen (secondary N) is 1. The summed E-state index contributed by atoms with van der Waals surface area (Å²) in [6.45, 7) is 4.15. The maximum Gasteiger partial charge on any atom is 0.251 e. The highest BCUT2D eigenvalue weighted by atomic mass is 32.2. The van der Waals surface area contributed by atoms with Crippen molar-refractivity contribution in [3.63, 3.8) is 0 Å². The SMILES string of the molecule is CC(C)Oc1ccc(C(=O)NCc2ccc(S(N)(=O)=O)cc2)cc1. The summed E-state index contributed by atoms with van der Waals surface area (Å²) in [6.07, 6.45) is 0.0741. The maximum atomic E-state index is 12.1. The minimum Gasteiger partial charge on any atom is -0.491 e. The van der Waals surface area contributed by atoms with Crippen LogP contribution in [0.4, 0.5) is 0 Å². The summed E-state index contributed by atoms with van der Waals surface area (Å²) in [7, 11) is -3.71. The average molecular weight is 348 g/mol. The second kappa shape index (κ2) is 7.46. The number of amides is 1. The summed E-state index contributed by atoms with van der Waals surface area (Å²) < 4.78 is 27.9. The summed E-state index contributed by atoms with van der Waals surface area (Å²) in [4.78, 5) is 12.1. The van der Waals surface area contributed by atoms with Crippen LogP contribution in [0.2, 0.25) is 0 Å². The predicted octanol–water partition coefficient (Wildman–Crippen LogP) is 2.05. The van der Waals surface area contributed by atoms with Crippen LogP contribution in [-0.4, -0.2) is 20.4 Å². The van der Waals surface area contributed by atoms with E-state index in [1.165, 1.54) is 12.1 Å². The monoisotopic (exact) mass is 348 g/mol. The van der Waals surface area contributed by atoms with Crippen molar-refractivity contribution >= 4 is 15.9 Å². The van der Waals surface area contributed by atoms with Gasteiger partial charge in [-0.15, -0.1) is 0 Å². The van der Waals surface area contributed by atoms with Crippen molar-refractivity contribution in [3.05, 3.63) is 59.7 Å². The minimum absolute atomic E-state index is 0.0401. The lowest BCUT2D eigenvalue weighted by Crippen LogP contribution is -2.22. The summed E-state index contributed by atoms with van der Waals surface area (Å²) in [5.74, 6) is 0.488. The van der Waals surface area contributed by atoms with Gasteiger partial charge < -0.3 is 10.1 Å². The Hall–Kier alpha value is -2.38. The fourth-order valence-electron chi connectivity index (χ4n) is 2.04. The van der Waals surface area contributed by atoms with Gasteiger partial charge in [-0.1, -0.05) is 12.1 Å². The van der Waals surface area contributed by atoms with E-state index >= 15 is 0 Å². The Morgan fingerprint density at radius 1 is 1.08 bits per heavy atom. The Balaban J connectivity index is 1.95. The lowest BCUT2D eigenvalue weighted by atomic mass is 10.2. The van der Waals surface area contributed by atoms with E-state index in [-0.39, 0.29) is 23.5 Å². The van der Waals surface area contributed by atoms with Gasteiger partial charge in [-0.05, 0) is 55.8 Å². The molecule has 128 valence electrons. The number of sulfonamides is 1. The van der Waals surface area contributed by atoms with Gasteiger partial charge in [0.05, 0.1) is 11.0 Å². The molecule has 7 heteroatoms. The number of primary sulfonamides is 1. The molecule has 0 heterocycles. The Morgan fingerprint density at radius 3 is 2.17 bits per heavy atom. The largest absolute Gasteiger partial charge is 0.491 e. The zero-order chi connectivity index (χ0) is 17.7. The lowest BCUT2D eigenvalue weighted by molar-refractivity contribution is 0.0951. The van der Waals surface area contributed by atoms with E-state index in [2.05, 4.69) is 5.32 Å². The van der Waals surface area contributed by atoms with Crippen molar-refractivity contribution < 1.29 is 17.9 Å². The molecule has 0 spiro atoms. The van der Waals surface area contributed by atoms with Crippen molar-refractivity contribution in [2.24, 2.45) is 5.14 Å². The molecule has 0 aromatic heterocycles. The first-order valence-electron chi connectivity index (χ1n) is 7.42. The van der Waals surface area contributed by atoms with Crippen LogP contribution in [0.25, 0.3) is 0 Å². The number of carbonyl (C=O) groups is 1. The number of hydrogen-bond donors (Lipinski definition) is 2. The van der Waals surface area contributed by atoms with E-state index in [0.717, 1.165) is 5.56 Å². The van der Waals surface area contributed by atoms with Crippen molar-refractivity contribution in [2.75, 3.05) is 0 Å². The van der Waals surface area contributed by atoms with Gasteiger partial charge in [0.1, 0.15) is 5.75 Å². The first kappa shape index (κ1) is 18.0. The van der Waals surface area contributed by atoms with Crippen molar-refractivity contribution in [3.8, 4) is 5.75 Å². The lowest BCUT2D eigenvalue weighted by Gasteiger charge is -2.10. The van der Waals surface area contributed by atoms with Crippen LogP contribution in [0.3, 0.4) is 0 Å². The molecule has 0 atom stereocenters. The average Bonchev–Trinajstić information content (AvgIpc) is 2.52. The van der Waals surface area contributed by atoms with Crippen molar-refractivity contribution in [1.82, 2.24) is 5.32 Å². The van der Waals surface area contributed by atoms with Gasteiger partial charge in [0.2, 0.25) is 10.0 Å². The van der Waals surface area contributed by atoms with Crippen molar-refractivity contribution in [1.29, 1.82) is 0 Å². The number of hydrogen-bond acceptors (Lipinski definition) is 4. The molecule has 0 fully saturated rings. The highest BCUT2D eigenvalue weighted by Crippen LogP contribution is 2.14. The third kappa shape index (κ3) is 5.07. The first-order chi connectivity index (χ1) is 11.3. The summed E-state index contributed by atoms with van der Waals surface area (Å²) in [5.41, 5.74) is 1.29. The zero-order valence-corrected chi connectivity index (χ0v) is 14.3. The smallest absolute Gasteiger partial charge is 0.251 e. The van der Waals surface area contributed by atoms with Gasteiger partial charge in [0.25, 0.3) is 5.91 Å². The van der Waals surface area contributed by atoms with Gasteiger partial charge in [-0.3, -0.25) is 4.79 Å². The highest BCUT2D eigenvalue weighted by molar-refractivity contribution is 7.89. The molecule has 0 aliphatic rings. The molecule has 0 radical (unpaired) electrons. The Labute approximate surface area is 141 Å². The number of benzene rings is 2. The molecule has 0 unspecified atom stereocenters. The fourth-order valence-corrected chi connectivity index (χ4v) is 2.55. The Kier molecular flexibility index (Phi) is 5.58. The van der Waals surface area contributed by atoms with E-state index < -0.39 is 10.0 Å². The normalized spacial score (nSPS) is 11.3. The molecule has 2 aromatic rings. The minimum atomic E-state index is -3.71. The van der Waals surface area contributed by atoms with Crippen LogP contribution in [0.1, 0.15) is 29.8 Å². The molecule has 2 rings (SSSR count). The number of carbonyl (C=O) groups excluding carboxylic acids is 1. The fraction of sp³-hybridized carbons (Fsp3) is 0.235. The predicted molar refractivity (Wildman–Crippen MR) is 91.2 cm³/mol. The van der Waals surface area contributed by atoms with E-state index in [9.17, 15) is 13.2 Å². The molecule has 0 saturated carbocycles. The summed E-state index contributed by atoms with van der Waals surface area (Å²) in [6, 6.07) is 12.9. The Morgan fingerprint density at radius 2 is 1.67 bits per heavy atom. The molecule has 0 aliphatic heterocycles. The van der Waals surface area contributed by atoms with Crippen LogP contribution < -0.4 is 15.2 Å². The first-order valence-corrected chi connectivity index (χ1v) is 8.97. The summed E-state index contributed by atoms with van der Waals surface area (Å²) >= 11 is 0. The molecule has 3 N–H and O–H groups in total. The molecular formula is C17H20N2O4S. The van der Waals surface area contributed by atoms with E-state index in [1.807, 2.05) is 13.8 Å². The molecule has 0 saturated heterocycles. The standard InChI is InChI=1S/C17H20N2O4S/c1-12(2)23-15-7-5-14(6-8-15)17(20)19-11-13-3-9-16(10-4-13)24(18,21)22/h3-10,12H,11H2,1-2H3,(H,19,20)(H2,18,21,22). The number of rotatable bonds is 6. The van der Waals surface area contributed by atoms with Crippen LogP contribution in [0.5, 0.6) is 5.75 Å². The van der Waals surface area contributed by atoms with Crippen LogP contribution in [0.15, 0.2) is 53.4 Å². The van der Waals surface area contributed by atoms with E-state index in [0.29, 0.717) is 11.3 Å². The van der Waals surface area contributed by atoms with Crippen LogP contribution in [-0.2, 0) is 16.6 Å². The third-order valence-electron chi connectivity index (χ3n) is 3.19. The maximum absolute atomic E-state index is 12.1.